The number of cyclic esters (lactones) is 2. The molecule has 69 heavy (non-hydrogen) atoms. The zero-order valence-electron chi connectivity index (χ0n) is 33.9. The lowest BCUT2D eigenvalue weighted by atomic mass is 9.76. The molecule has 0 aliphatic carbocycles. The first kappa shape index (κ1) is 47.6. The first-order chi connectivity index (χ1) is 32.3. The van der Waals surface area contributed by atoms with Crippen LogP contribution in [-0.4, -0.2) is 162 Å². The fraction of sp³-hybridized carbons (Fsp3) is 0.244. The number of aliphatic carboxylic acids is 2. The van der Waals surface area contributed by atoms with Crippen molar-refractivity contribution in [2.75, 3.05) is 6.61 Å². The molecular formula is C41H32O28. The minimum Gasteiger partial charge on any atom is -0.504 e. The van der Waals surface area contributed by atoms with Gasteiger partial charge in [-0.15, -0.1) is 0 Å². The molecule has 0 saturated carbocycles. The first-order valence-electron chi connectivity index (χ1n) is 19.2. The van der Waals surface area contributed by atoms with Gasteiger partial charge in [-0.05, 0) is 30.3 Å². The van der Waals surface area contributed by atoms with Crippen molar-refractivity contribution in [3.8, 4) is 80.1 Å². The molecule has 0 unspecified atom stereocenters. The summed E-state index contributed by atoms with van der Waals surface area (Å²) in [5.74, 6) is -33.3. The van der Waals surface area contributed by atoms with Crippen LogP contribution in [0.5, 0.6) is 69.0 Å². The number of aliphatic hydroxyl groups is 1. The fourth-order valence-electron chi connectivity index (χ4n) is 7.79. The number of phenolic OH excluding ortho intramolecular Hbond substituents is 12. The van der Waals surface area contributed by atoms with E-state index in [1.807, 2.05) is 0 Å². The number of benzene rings is 4. The van der Waals surface area contributed by atoms with E-state index in [2.05, 4.69) is 0 Å². The Morgan fingerprint density at radius 2 is 1.10 bits per heavy atom. The molecule has 1 saturated heterocycles. The van der Waals surface area contributed by atoms with Gasteiger partial charge in [0.15, 0.2) is 70.1 Å². The molecule has 0 aromatic heterocycles. The Labute approximate surface area is 380 Å². The predicted octanol–water partition coefficient (Wildman–Crippen LogP) is -0.131. The minimum atomic E-state index is -2.70. The molecule has 3 aliphatic heterocycles. The van der Waals surface area contributed by atoms with Crippen LogP contribution in [0.3, 0.4) is 0 Å². The van der Waals surface area contributed by atoms with Gasteiger partial charge in [0.2, 0.25) is 29.6 Å². The van der Waals surface area contributed by atoms with Gasteiger partial charge in [0, 0.05) is 16.7 Å². The molecule has 0 amide bonds. The van der Waals surface area contributed by atoms with E-state index in [9.17, 15) is 110 Å². The normalized spacial score (nSPS) is 22.3. The van der Waals surface area contributed by atoms with Gasteiger partial charge in [0.1, 0.15) is 12.7 Å². The molecule has 3 aliphatic rings. The SMILES string of the molecule is O=C(O)C[C@@H](C(=O)O[C@H]1[C@@H]2OC(=O)c3cc(O)c(O)c(O)c3-c3c(cc(O)c(O)c3O)C(=O)OC[C@H]1O[C@@H](OC(=O)c1cc(O)c(O)c(O)c1)[C@@H]2O)[C@H]1c2c(cc(O)c(O)c2O)C(=O)O[C@H]1C(=O)O. The smallest absolute Gasteiger partial charge is 0.345 e. The molecule has 3 heterocycles. The third-order valence-electron chi connectivity index (χ3n) is 11.0. The van der Waals surface area contributed by atoms with E-state index in [1.165, 1.54) is 0 Å². The largest absolute Gasteiger partial charge is 0.504 e. The van der Waals surface area contributed by atoms with Crippen molar-refractivity contribution in [1.29, 1.82) is 0 Å². The molecule has 28 heteroatoms. The second-order valence-electron chi connectivity index (χ2n) is 15.2. The van der Waals surface area contributed by atoms with E-state index >= 15 is 0 Å². The Morgan fingerprint density at radius 1 is 0.609 bits per heavy atom. The van der Waals surface area contributed by atoms with Crippen molar-refractivity contribution in [1.82, 2.24) is 0 Å². The van der Waals surface area contributed by atoms with Crippen molar-refractivity contribution < 1.29 is 139 Å². The number of rotatable bonds is 8. The minimum absolute atomic E-state index is 0.332. The van der Waals surface area contributed by atoms with Crippen molar-refractivity contribution in [2.45, 2.75) is 49.1 Å². The molecule has 2 bridgehead atoms. The van der Waals surface area contributed by atoms with Crippen molar-refractivity contribution in [2.24, 2.45) is 5.92 Å². The Hall–Kier alpha value is -9.31. The van der Waals surface area contributed by atoms with Gasteiger partial charge in [-0.3, -0.25) is 9.59 Å². The highest BCUT2D eigenvalue weighted by atomic mass is 16.7. The van der Waals surface area contributed by atoms with Gasteiger partial charge in [-0.25, -0.2) is 24.0 Å². The zero-order chi connectivity index (χ0) is 50.8. The highest BCUT2D eigenvalue weighted by molar-refractivity contribution is 6.08. The fourth-order valence-corrected chi connectivity index (χ4v) is 7.79. The number of aromatic hydroxyl groups is 12. The molecule has 364 valence electrons. The molecule has 1 fully saturated rings. The van der Waals surface area contributed by atoms with Crippen LogP contribution in [0.1, 0.15) is 59.3 Å². The molecule has 4 aromatic rings. The van der Waals surface area contributed by atoms with Crippen LogP contribution in [0.15, 0.2) is 30.3 Å². The van der Waals surface area contributed by atoms with E-state index in [4.69, 9.17) is 28.4 Å². The van der Waals surface area contributed by atoms with Gasteiger partial charge in [-0.2, -0.15) is 0 Å². The lowest BCUT2D eigenvalue weighted by Gasteiger charge is -2.43. The van der Waals surface area contributed by atoms with E-state index in [1.54, 1.807) is 0 Å². The van der Waals surface area contributed by atoms with E-state index in [-0.39, 0.29) is 0 Å². The highest BCUT2D eigenvalue weighted by Gasteiger charge is 2.55. The highest BCUT2D eigenvalue weighted by Crippen LogP contribution is 2.54. The number of carboxylic acid groups (broad SMARTS) is 2. The Bertz CT molecular complexity index is 2880. The molecule has 7 rings (SSSR count). The maximum atomic E-state index is 14.5. The number of hydrogen-bond donors (Lipinski definition) is 15. The summed E-state index contributed by atoms with van der Waals surface area (Å²) >= 11 is 0. The van der Waals surface area contributed by atoms with Gasteiger partial charge in [0.25, 0.3) is 0 Å². The zero-order valence-corrected chi connectivity index (χ0v) is 33.9. The molecular weight excluding hydrogens is 940 g/mol. The molecule has 15 N–H and O–H groups in total. The van der Waals surface area contributed by atoms with Crippen LogP contribution in [-0.2, 0) is 42.8 Å². The van der Waals surface area contributed by atoms with Crippen LogP contribution < -0.4 is 0 Å². The first-order valence-corrected chi connectivity index (χ1v) is 19.2. The lowest BCUT2D eigenvalue weighted by Crippen LogP contribution is -2.62. The summed E-state index contributed by atoms with van der Waals surface area (Å²) in [7, 11) is 0. The van der Waals surface area contributed by atoms with Crippen molar-refractivity contribution in [3.05, 3.63) is 58.1 Å². The van der Waals surface area contributed by atoms with Crippen LogP contribution in [0.25, 0.3) is 11.1 Å². The van der Waals surface area contributed by atoms with Gasteiger partial charge >= 0.3 is 41.8 Å². The lowest BCUT2D eigenvalue weighted by molar-refractivity contribution is -0.288. The van der Waals surface area contributed by atoms with Crippen LogP contribution >= 0.6 is 0 Å². The number of fused-ring (bicyclic) bond motifs is 6. The number of phenols is 12. The summed E-state index contributed by atoms with van der Waals surface area (Å²) in [5.41, 5.74) is -7.14. The van der Waals surface area contributed by atoms with E-state index < -0.39 is 211 Å². The van der Waals surface area contributed by atoms with Crippen LogP contribution in [0, 0.1) is 5.92 Å². The maximum absolute atomic E-state index is 14.5. The Kier molecular flexibility index (Phi) is 12.1. The summed E-state index contributed by atoms with van der Waals surface area (Å²) in [6, 6.07) is 2.33. The van der Waals surface area contributed by atoms with Gasteiger partial charge < -0.3 is 105 Å². The third kappa shape index (κ3) is 8.20. The second kappa shape index (κ2) is 17.5. The molecule has 28 nitrogen and oxygen atoms in total. The summed E-state index contributed by atoms with van der Waals surface area (Å²) in [6.45, 7) is -1.37. The summed E-state index contributed by atoms with van der Waals surface area (Å²) in [4.78, 5) is 94.0. The van der Waals surface area contributed by atoms with Gasteiger partial charge in [-0.1, -0.05) is 0 Å². The van der Waals surface area contributed by atoms with Crippen LogP contribution in [0.4, 0.5) is 0 Å². The molecule has 0 spiro atoms. The number of carboxylic acids is 2. The summed E-state index contributed by atoms with van der Waals surface area (Å²) in [6.07, 6.45) is -16.8. The predicted molar refractivity (Wildman–Crippen MR) is 210 cm³/mol. The second-order valence-corrected chi connectivity index (χ2v) is 15.2. The number of carbonyl (C=O) groups is 7. The standard InChI is InChI=1S/C41H32O28/c42-13-1-8(2-14(43)24(13)49)36(59)69-41-31(56)34-32(66-40(63)12(6-19(47)48)23-22-11(5-17(46)27(52)30(22)55)38(61)67-33(23)35(57)58)18(65-41)7-64-37(60)9-3-15(44)25(50)28(53)20(9)21-10(39(62)68-34)4-16(45)26(51)29(21)54/h1-5,12,18,23,31-34,41-46,49-56H,6-7H2,(H,47,48)(H,57,58)/t12-,18-,23+,31-,32-,33-,34-,41+/m1/s1. The average Bonchev–Trinajstić information content (AvgIpc) is 3.28. The molecule has 8 atom stereocenters. The Morgan fingerprint density at radius 3 is 1.64 bits per heavy atom. The maximum Gasteiger partial charge on any atom is 0.345 e. The number of ether oxygens (including phenoxy) is 6. The number of carbonyl (C=O) groups excluding carboxylic acids is 5. The molecule has 4 aromatic carbocycles. The quantitative estimate of drug-likeness (QED) is 0.0621. The van der Waals surface area contributed by atoms with Crippen LogP contribution in [0.2, 0.25) is 0 Å². The average molecular weight is 973 g/mol. The Balaban J connectivity index is 1.40. The topological polar surface area (TPSA) is 478 Å². The number of hydrogen-bond acceptors (Lipinski definition) is 26. The monoisotopic (exact) mass is 972 g/mol. The summed E-state index contributed by atoms with van der Waals surface area (Å²) in [5, 5.41) is 157. The third-order valence-corrected chi connectivity index (χ3v) is 11.0. The molecule has 0 radical (unpaired) electrons. The van der Waals surface area contributed by atoms with Crippen molar-refractivity contribution in [3.63, 3.8) is 0 Å². The summed E-state index contributed by atoms with van der Waals surface area (Å²) < 4.78 is 32.2. The number of aliphatic hydroxyl groups excluding tert-OH is 1. The van der Waals surface area contributed by atoms with Gasteiger partial charge in [0.05, 0.1) is 40.5 Å². The van der Waals surface area contributed by atoms with E-state index in [0.717, 1.165) is 0 Å². The van der Waals surface area contributed by atoms with E-state index in [0.29, 0.717) is 30.3 Å². The number of esters is 5. The van der Waals surface area contributed by atoms with Crippen molar-refractivity contribution >= 4 is 41.8 Å².